The predicted octanol–water partition coefficient (Wildman–Crippen LogP) is 2.99. The lowest BCUT2D eigenvalue weighted by molar-refractivity contribution is 0.249. The van der Waals surface area contributed by atoms with Crippen LogP contribution in [0.3, 0.4) is 0 Å². The van der Waals surface area contributed by atoms with Crippen molar-refractivity contribution in [1.29, 1.82) is 0 Å². The molecule has 1 aromatic carbocycles. The first-order valence-corrected chi connectivity index (χ1v) is 9.60. The summed E-state index contributed by atoms with van der Waals surface area (Å²) in [6.07, 6.45) is 2.45. The van der Waals surface area contributed by atoms with E-state index in [0.29, 0.717) is 6.54 Å². The molecule has 0 unspecified atom stereocenters. The van der Waals surface area contributed by atoms with E-state index < -0.39 is 11.6 Å². The van der Waals surface area contributed by atoms with Gasteiger partial charge in [0.15, 0.2) is 11.6 Å². The molecule has 4 rings (SSSR count). The van der Waals surface area contributed by atoms with Gasteiger partial charge in [0.05, 0.1) is 0 Å². The molecular weight excluding hydrogens is 348 g/mol. The number of rotatable bonds is 4. The van der Waals surface area contributed by atoms with Gasteiger partial charge in [-0.25, -0.2) is 18.7 Å². The molecule has 0 saturated carbocycles. The van der Waals surface area contributed by atoms with Gasteiger partial charge in [0.1, 0.15) is 17.5 Å². The highest BCUT2D eigenvalue weighted by molar-refractivity contribution is 5.51. The normalized spacial score (nSPS) is 18.3. The third-order valence-electron chi connectivity index (χ3n) is 5.33. The van der Waals surface area contributed by atoms with Gasteiger partial charge in [-0.15, -0.1) is 0 Å². The summed E-state index contributed by atoms with van der Waals surface area (Å²) in [6.45, 7) is 8.16. The van der Waals surface area contributed by atoms with Crippen molar-refractivity contribution in [2.75, 3.05) is 49.1 Å². The van der Waals surface area contributed by atoms with E-state index in [1.165, 1.54) is 25.0 Å². The smallest absolute Gasteiger partial charge is 0.159 e. The maximum Gasteiger partial charge on any atom is 0.159 e. The molecule has 0 aliphatic carbocycles. The Labute approximate surface area is 158 Å². The summed E-state index contributed by atoms with van der Waals surface area (Å²) < 4.78 is 26.5. The Kier molecular flexibility index (Phi) is 5.20. The molecule has 7 heteroatoms. The number of hydrogen-bond acceptors (Lipinski definition) is 5. The number of hydrogen-bond donors (Lipinski definition) is 0. The van der Waals surface area contributed by atoms with Crippen LogP contribution in [0, 0.1) is 18.6 Å². The van der Waals surface area contributed by atoms with Crippen LogP contribution in [0.15, 0.2) is 24.3 Å². The van der Waals surface area contributed by atoms with Gasteiger partial charge in [-0.2, -0.15) is 0 Å². The standard InChI is InChI=1S/C20H25F2N5/c1-15-23-19(26-6-2-3-7-26)13-20(24-15)27-10-8-25(9-11-27)14-16-4-5-17(21)18(22)12-16/h4-5,12-13H,2-3,6-11,14H2,1H3. The van der Waals surface area contributed by atoms with Crippen LogP contribution in [0.5, 0.6) is 0 Å². The summed E-state index contributed by atoms with van der Waals surface area (Å²) in [6, 6.07) is 6.24. The van der Waals surface area contributed by atoms with Crippen LogP contribution in [-0.2, 0) is 6.54 Å². The van der Waals surface area contributed by atoms with E-state index in [1.54, 1.807) is 6.07 Å². The molecule has 1 aromatic heterocycles. The van der Waals surface area contributed by atoms with Gasteiger partial charge < -0.3 is 9.80 Å². The van der Waals surface area contributed by atoms with Crippen LogP contribution in [0.25, 0.3) is 0 Å². The van der Waals surface area contributed by atoms with E-state index in [1.807, 2.05) is 6.92 Å². The molecular formula is C20H25F2N5. The van der Waals surface area contributed by atoms with Crippen molar-refractivity contribution < 1.29 is 8.78 Å². The van der Waals surface area contributed by atoms with E-state index in [4.69, 9.17) is 0 Å². The molecule has 2 saturated heterocycles. The molecule has 3 heterocycles. The summed E-state index contributed by atoms with van der Waals surface area (Å²) in [5, 5.41) is 0. The zero-order valence-electron chi connectivity index (χ0n) is 15.7. The molecule has 2 aromatic rings. The van der Waals surface area contributed by atoms with E-state index in [0.717, 1.165) is 62.3 Å². The number of aryl methyl sites for hydroxylation is 1. The fraction of sp³-hybridized carbons (Fsp3) is 0.500. The van der Waals surface area contributed by atoms with Gasteiger partial charge in [-0.1, -0.05) is 6.07 Å². The first-order chi connectivity index (χ1) is 13.1. The Morgan fingerprint density at radius 3 is 2.07 bits per heavy atom. The molecule has 0 N–H and O–H groups in total. The average Bonchev–Trinajstić information content (AvgIpc) is 3.20. The molecule has 2 aliphatic heterocycles. The Morgan fingerprint density at radius 2 is 1.44 bits per heavy atom. The Morgan fingerprint density at radius 1 is 0.815 bits per heavy atom. The fourth-order valence-electron chi connectivity index (χ4n) is 3.84. The monoisotopic (exact) mass is 373 g/mol. The summed E-state index contributed by atoms with van der Waals surface area (Å²) in [5.41, 5.74) is 0.802. The number of benzene rings is 1. The molecule has 0 atom stereocenters. The number of anilines is 2. The highest BCUT2D eigenvalue weighted by Crippen LogP contribution is 2.23. The fourth-order valence-corrected chi connectivity index (χ4v) is 3.84. The van der Waals surface area contributed by atoms with Crippen molar-refractivity contribution >= 4 is 11.6 Å². The lowest BCUT2D eigenvalue weighted by Crippen LogP contribution is -2.46. The van der Waals surface area contributed by atoms with Gasteiger partial charge in [0, 0.05) is 51.9 Å². The van der Waals surface area contributed by atoms with Crippen molar-refractivity contribution in [3.63, 3.8) is 0 Å². The third-order valence-corrected chi connectivity index (χ3v) is 5.33. The second kappa shape index (κ2) is 7.76. The van der Waals surface area contributed by atoms with Crippen molar-refractivity contribution in [2.24, 2.45) is 0 Å². The van der Waals surface area contributed by atoms with Gasteiger partial charge in [-0.05, 0) is 37.5 Å². The quantitative estimate of drug-likeness (QED) is 0.823. The highest BCUT2D eigenvalue weighted by Gasteiger charge is 2.21. The Bertz CT molecular complexity index is 799. The Hall–Kier alpha value is -2.28. The lowest BCUT2D eigenvalue weighted by Gasteiger charge is -2.35. The van der Waals surface area contributed by atoms with Crippen LogP contribution in [0.1, 0.15) is 24.2 Å². The second-order valence-electron chi connectivity index (χ2n) is 7.34. The zero-order chi connectivity index (χ0) is 18.8. The first kappa shape index (κ1) is 18.1. The molecule has 27 heavy (non-hydrogen) atoms. The van der Waals surface area contributed by atoms with Gasteiger partial charge in [-0.3, -0.25) is 4.90 Å². The molecule has 2 fully saturated rings. The summed E-state index contributed by atoms with van der Waals surface area (Å²) in [5.74, 6) is 1.24. The third kappa shape index (κ3) is 4.18. The number of halogens is 2. The van der Waals surface area contributed by atoms with Crippen molar-refractivity contribution in [1.82, 2.24) is 14.9 Å². The average molecular weight is 373 g/mol. The zero-order valence-corrected chi connectivity index (χ0v) is 15.7. The van der Waals surface area contributed by atoms with Crippen molar-refractivity contribution in [3.8, 4) is 0 Å². The van der Waals surface area contributed by atoms with E-state index in [2.05, 4.69) is 30.7 Å². The topological polar surface area (TPSA) is 35.5 Å². The van der Waals surface area contributed by atoms with Crippen LogP contribution >= 0.6 is 0 Å². The maximum absolute atomic E-state index is 13.4. The lowest BCUT2D eigenvalue weighted by atomic mass is 10.2. The van der Waals surface area contributed by atoms with Gasteiger partial charge >= 0.3 is 0 Å². The molecule has 0 spiro atoms. The second-order valence-corrected chi connectivity index (χ2v) is 7.34. The summed E-state index contributed by atoms with van der Waals surface area (Å²) in [4.78, 5) is 16.1. The molecule has 0 radical (unpaired) electrons. The van der Waals surface area contributed by atoms with E-state index in [-0.39, 0.29) is 0 Å². The number of piperazine rings is 1. The van der Waals surface area contributed by atoms with Gasteiger partial charge in [0.2, 0.25) is 0 Å². The van der Waals surface area contributed by atoms with Crippen LogP contribution in [-0.4, -0.2) is 54.1 Å². The maximum atomic E-state index is 13.4. The van der Waals surface area contributed by atoms with E-state index in [9.17, 15) is 8.78 Å². The van der Waals surface area contributed by atoms with E-state index >= 15 is 0 Å². The highest BCUT2D eigenvalue weighted by atomic mass is 19.2. The van der Waals surface area contributed by atoms with Crippen molar-refractivity contribution in [2.45, 2.75) is 26.3 Å². The molecule has 5 nitrogen and oxygen atoms in total. The molecule has 144 valence electrons. The minimum atomic E-state index is -0.795. The van der Waals surface area contributed by atoms with Crippen LogP contribution in [0.2, 0.25) is 0 Å². The predicted molar refractivity (Wildman–Crippen MR) is 102 cm³/mol. The number of aromatic nitrogens is 2. The van der Waals surface area contributed by atoms with Crippen LogP contribution < -0.4 is 9.80 Å². The van der Waals surface area contributed by atoms with Crippen LogP contribution in [0.4, 0.5) is 20.4 Å². The Balaban J connectivity index is 1.39. The first-order valence-electron chi connectivity index (χ1n) is 9.60. The summed E-state index contributed by atoms with van der Waals surface area (Å²) >= 11 is 0. The van der Waals surface area contributed by atoms with Crippen molar-refractivity contribution in [3.05, 3.63) is 47.3 Å². The minimum Gasteiger partial charge on any atom is -0.356 e. The van der Waals surface area contributed by atoms with Gasteiger partial charge in [0.25, 0.3) is 0 Å². The minimum absolute atomic E-state index is 0.632. The number of nitrogens with zero attached hydrogens (tertiary/aromatic N) is 5. The SMILES string of the molecule is Cc1nc(N2CCCC2)cc(N2CCN(Cc3ccc(F)c(F)c3)CC2)n1. The molecule has 0 amide bonds. The molecule has 2 aliphatic rings. The largest absolute Gasteiger partial charge is 0.356 e. The molecule has 0 bridgehead atoms. The summed E-state index contributed by atoms with van der Waals surface area (Å²) in [7, 11) is 0.